The zero-order valence-electron chi connectivity index (χ0n) is 41.1. The SMILES string of the molecule is COC1C/C(C)=C/C(C)=C/CC([C@H](C)C[C@@H]2CC[C@H](n3cnnn3)[C@H](OC)C2)OC(O)C2(O)CCCCN2C=CC2OC(CCC2C)CC(OC)C(C)=CC=C/C=C/C(C)CC(C)C1. The minimum Gasteiger partial charge on any atom is -0.381 e. The van der Waals surface area contributed by atoms with Crippen molar-refractivity contribution in [2.45, 2.75) is 193 Å². The van der Waals surface area contributed by atoms with Crippen LogP contribution in [0.1, 0.15) is 144 Å². The first kappa shape index (κ1) is 52.0. The molecule has 3 fully saturated rings. The van der Waals surface area contributed by atoms with Crippen LogP contribution in [-0.2, 0) is 23.7 Å². The van der Waals surface area contributed by atoms with Gasteiger partial charge in [-0.1, -0.05) is 81.4 Å². The van der Waals surface area contributed by atoms with E-state index in [1.165, 1.54) is 11.1 Å². The Hall–Kier alpha value is -2.97. The van der Waals surface area contributed by atoms with Crippen LogP contribution in [0.25, 0.3) is 0 Å². The van der Waals surface area contributed by atoms with Crippen molar-refractivity contribution in [1.29, 1.82) is 0 Å². The molecule has 0 radical (unpaired) electrons. The van der Waals surface area contributed by atoms with Crippen molar-refractivity contribution < 1.29 is 33.9 Å². The van der Waals surface area contributed by atoms with Gasteiger partial charge in [0.15, 0.2) is 5.72 Å². The molecule has 0 amide bonds. The molecule has 10 unspecified atom stereocenters. The Bertz CT molecular complexity index is 1710. The molecule has 1 saturated carbocycles. The van der Waals surface area contributed by atoms with Crippen LogP contribution in [0.15, 0.2) is 77.9 Å². The van der Waals surface area contributed by atoms with Crippen LogP contribution < -0.4 is 0 Å². The van der Waals surface area contributed by atoms with Crippen molar-refractivity contribution in [3.05, 3.63) is 77.9 Å². The Balaban J connectivity index is 1.40. The molecule has 360 valence electrons. The topological polar surface area (TPSA) is 133 Å². The number of hydrogen-bond donors (Lipinski definition) is 2. The van der Waals surface area contributed by atoms with E-state index in [4.69, 9.17) is 23.7 Å². The third kappa shape index (κ3) is 15.3. The highest BCUT2D eigenvalue weighted by Gasteiger charge is 2.45. The zero-order chi connectivity index (χ0) is 46.2. The molecule has 0 aromatic carbocycles. The van der Waals surface area contributed by atoms with Gasteiger partial charge in [-0.05, 0) is 149 Å². The number of tetrazole rings is 1. The van der Waals surface area contributed by atoms with E-state index in [2.05, 4.69) is 113 Å². The molecule has 4 heterocycles. The van der Waals surface area contributed by atoms with Gasteiger partial charge in [-0.2, -0.15) is 0 Å². The fourth-order valence-corrected chi connectivity index (χ4v) is 10.8. The summed E-state index contributed by atoms with van der Waals surface area (Å²) in [5.74, 6) is 1.76. The van der Waals surface area contributed by atoms with Gasteiger partial charge in [0.1, 0.15) is 6.33 Å². The maximum atomic E-state index is 12.4. The van der Waals surface area contributed by atoms with Gasteiger partial charge in [0, 0.05) is 46.9 Å². The second kappa shape index (κ2) is 25.8. The van der Waals surface area contributed by atoms with Crippen molar-refractivity contribution in [3.63, 3.8) is 0 Å². The van der Waals surface area contributed by atoms with E-state index in [1.807, 2.05) is 22.9 Å². The van der Waals surface area contributed by atoms with Gasteiger partial charge in [-0.3, -0.25) is 0 Å². The molecular formula is C52H85N5O7. The molecular weight excluding hydrogens is 807 g/mol. The molecule has 2 N–H and O–H groups in total. The van der Waals surface area contributed by atoms with E-state index in [0.29, 0.717) is 43.1 Å². The predicted octanol–water partition coefficient (Wildman–Crippen LogP) is 9.85. The van der Waals surface area contributed by atoms with E-state index in [-0.39, 0.29) is 48.6 Å². The number of aliphatic hydroxyl groups is 2. The Morgan fingerprint density at radius 3 is 2.45 bits per heavy atom. The highest BCUT2D eigenvalue weighted by molar-refractivity contribution is 5.22. The lowest BCUT2D eigenvalue weighted by Gasteiger charge is -2.46. The third-order valence-electron chi connectivity index (χ3n) is 14.7. The van der Waals surface area contributed by atoms with Crippen LogP contribution >= 0.6 is 0 Å². The molecule has 1 aromatic heterocycles. The van der Waals surface area contributed by atoms with Crippen molar-refractivity contribution in [1.82, 2.24) is 25.1 Å². The summed E-state index contributed by atoms with van der Waals surface area (Å²) in [6.45, 7) is 16.2. The summed E-state index contributed by atoms with van der Waals surface area (Å²) in [5, 5.41) is 36.5. The normalized spacial score (nSPS) is 38.8. The Morgan fingerprint density at radius 2 is 1.72 bits per heavy atom. The number of fused-ring (bicyclic) bond motifs is 3. The molecule has 4 aliphatic rings. The van der Waals surface area contributed by atoms with Gasteiger partial charge in [-0.15, -0.1) is 5.10 Å². The fraction of sp³-hybridized carbons (Fsp3) is 0.750. The van der Waals surface area contributed by atoms with Crippen molar-refractivity contribution in [3.8, 4) is 0 Å². The summed E-state index contributed by atoms with van der Waals surface area (Å²) in [6, 6.07) is 0.0980. The summed E-state index contributed by atoms with van der Waals surface area (Å²) in [4.78, 5) is 1.90. The monoisotopic (exact) mass is 892 g/mol. The Kier molecular flexibility index (Phi) is 21.0. The van der Waals surface area contributed by atoms with Crippen LogP contribution in [0.3, 0.4) is 0 Å². The largest absolute Gasteiger partial charge is 0.381 e. The summed E-state index contributed by atoms with van der Waals surface area (Å²) in [7, 11) is 5.38. The summed E-state index contributed by atoms with van der Waals surface area (Å²) >= 11 is 0. The molecule has 1 aromatic rings. The van der Waals surface area contributed by atoms with E-state index < -0.39 is 12.0 Å². The predicted molar refractivity (Wildman–Crippen MR) is 254 cm³/mol. The molecule has 3 aliphatic heterocycles. The lowest BCUT2D eigenvalue weighted by atomic mass is 9.78. The zero-order valence-corrected chi connectivity index (χ0v) is 41.1. The maximum Gasteiger partial charge on any atom is 0.203 e. The minimum absolute atomic E-state index is 0.00158. The summed E-state index contributed by atoms with van der Waals surface area (Å²) < 4.78 is 33.4. The van der Waals surface area contributed by atoms with Gasteiger partial charge < -0.3 is 38.8 Å². The first-order chi connectivity index (χ1) is 30.7. The molecule has 1 aliphatic carbocycles. The highest BCUT2D eigenvalue weighted by Crippen LogP contribution is 2.39. The number of aliphatic hydroxyl groups excluding tert-OH is 1. The van der Waals surface area contributed by atoms with Gasteiger partial charge >= 0.3 is 0 Å². The average Bonchev–Trinajstić information content (AvgIpc) is 3.81. The number of methoxy groups -OCH3 is 3. The lowest BCUT2D eigenvalue weighted by Crippen LogP contribution is -2.59. The second-order valence-corrected chi connectivity index (χ2v) is 20.1. The van der Waals surface area contributed by atoms with Crippen LogP contribution in [0.4, 0.5) is 0 Å². The van der Waals surface area contributed by atoms with Gasteiger partial charge in [-0.25, -0.2) is 4.68 Å². The second-order valence-electron chi connectivity index (χ2n) is 20.1. The average molecular weight is 892 g/mol. The van der Waals surface area contributed by atoms with E-state index in [1.54, 1.807) is 20.5 Å². The van der Waals surface area contributed by atoms with Crippen LogP contribution in [-0.4, -0.2) is 112 Å². The Morgan fingerprint density at radius 1 is 0.906 bits per heavy atom. The van der Waals surface area contributed by atoms with E-state index in [0.717, 1.165) is 82.6 Å². The number of hydrogen-bond acceptors (Lipinski definition) is 11. The molecule has 5 rings (SSSR count). The van der Waals surface area contributed by atoms with Crippen molar-refractivity contribution >= 4 is 0 Å². The molecule has 64 heavy (non-hydrogen) atoms. The van der Waals surface area contributed by atoms with E-state index >= 15 is 0 Å². The lowest BCUT2D eigenvalue weighted by molar-refractivity contribution is -0.289. The molecule has 0 spiro atoms. The molecule has 2 bridgehead atoms. The first-order valence-electron chi connectivity index (χ1n) is 24.6. The molecule has 14 atom stereocenters. The first-order valence-corrected chi connectivity index (χ1v) is 24.6. The number of aromatic nitrogens is 4. The van der Waals surface area contributed by atoms with Gasteiger partial charge in [0.2, 0.25) is 6.29 Å². The van der Waals surface area contributed by atoms with Crippen LogP contribution in [0, 0.1) is 29.6 Å². The number of ether oxygens (including phenoxy) is 5. The highest BCUT2D eigenvalue weighted by atomic mass is 16.6. The minimum atomic E-state index is -1.58. The standard InChI is InChI=1S/C52H85N5O7/c1-36-16-12-11-13-17-40(5)49(61-9)34-44-21-19-41(6)48(63-44)24-27-56-26-15-14-25-52(56,59)51(58)64-47(23-18-37(2)29-39(4)31-45(60-8)30-38(3)28-36)42(7)32-43-20-22-46(50(33-43)62-10)57-35-53-54-55-57/h11-13,16-18,24,27,29,35-36,38,41-51,58-59H,14-15,19-23,25-26,28,30-34H2,1-10H3/b13-11?,16-12+,27-24?,37-18+,39-29+,40-17?/t36?,38?,41?,42-,43+,44?,45?,46+,47?,48?,49?,50-,51?,52?/m1/s1. The van der Waals surface area contributed by atoms with Crippen molar-refractivity contribution in [2.75, 3.05) is 27.9 Å². The van der Waals surface area contributed by atoms with Crippen molar-refractivity contribution in [2.24, 2.45) is 29.6 Å². The Labute approximate surface area is 386 Å². The van der Waals surface area contributed by atoms with Gasteiger partial charge in [0.25, 0.3) is 0 Å². The quantitative estimate of drug-likeness (QED) is 0.271. The third-order valence-corrected chi connectivity index (χ3v) is 14.7. The van der Waals surface area contributed by atoms with Gasteiger partial charge in [0.05, 0.1) is 42.7 Å². The smallest absolute Gasteiger partial charge is 0.203 e. The van der Waals surface area contributed by atoms with Crippen LogP contribution in [0.2, 0.25) is 0 Å². The molecule has 12 nitrogen and oxygen atoms in total. The van der Waals surface area contributed by atoms with Crippen LogP contribution in [0.5, 0.6) is 0 Å². The summed E-state index contributed by atoms with van der Waals surface area (Å²) in [5.41, 5.74) is 2.00. The number of rotatable bonds is 7. The number of nitrogens with zero attached hydrogens (tertiary/aromatic N) is 5. The fourth-order valence-electron chi connectivity index (χ4n) is 10.8. The van der Waals surface area contributed by atoms with E-state index in [9.17, 15) is 10.2 Å². The maximum absolute atomic E-state index is 12.4. The number of piperidine rings is 1. The molecule has 12 heteroatoms. The summed E-state index contributed by atoms with van der Waals surface area (Å²) in [6.07, 6.45) is 31.5. The molecule has 2 saturated heterocycles. The number of allylic oxidation sites excluding steroid dienone is 7.